The molecule has 0 spiro atoms. The van der Waals surface area contributed by atoms with E-state index in [0.717, 1.165) is 28.7 Å². The van der Waals surface area contributed by atoms with Gasteiger partial charge in [0.2, 0.25) is 0 Å². The number of nitrogens with zero attached hydrogens (tertiary/aromatic N) is 1. The number of allylic oxidation sites excluding steroid dienone is 4. The summed E-state index contributed by atoms with van der Waals surface area (Å²) in [5.41, 5.74) is 3.45. The van der Waals surface area contributed by atoms with Crippen LogP contribution in [0.5, 0.6) is 0 Å². The fourth-order valence-electron chi connectivity index (χ4n) is 4.78. The van der Waals surface area contributed by atoms with Crippen molar-refractivity contribution < 1.29 is 24.7 Å². The van der Waals surface area contributed by atoms with E-state index >= 15 is 0 Å². The van der Waals surface area contributed by atoms with Crippen molar-refractivity contribution in [2.45, 2.75) is 45.2 Å². The van der Waals surface area contributed by atoms with Crippen molar-refractivity contribution in [3.63, 3.8) is 0 Å². The lowest BCUT2D eigenvalue weighted by Crippen LogP contribution is -2.48. The van der Waals surface area contributed by atoms with Crippen molar-refractivity contribution in [1.82, 2.24) is 5.32 Å². The van der Waals surface area contributed by atoms with E-state index < -0.39 is 19.2 Å². The number of nitrogens with one attached hydrogen (secondary N) is 1. The molecule has 0 bridgehead atoms. The molecule has 0 fully saturated rings. The molecular weight excluding hydrogens is 467 g/mol. The van der Waals surface area contributed by atoms with Crippen molar-refractivity contribution in [2.24, 2.45) is 17.8 Å². The van der Waals surface area contributed by atoms with E-state index in [1.165, 1.54) is 0 Å². The first-order valence-corrected chi connectivity index (χ1v) is 12.7. The number of nitriles is 1. The molecule has 2 aromatic carbocycles. The highest BCUT2D eigenvalue weighted by Crippen LogP contribution is 2.31. The zero-order valence-electron chi connectivity index (χ0n) is 21.2. The smallest absolute Gasteiger partial charge is 0.449 e. The molecule has 3 unspecified atom stereocenters. The van der Waals surface area contributed by atoms with E-state index in [9.17, 15) is 25.2 Å². The van der Waals surface area contributed by atoms with Crippen LogP contribution in [0, 0.1) is 29.1 Å². The lowest BCUT2D eigenvalue weighted by molar-refractivity contribution is 0.144. The summed E-state index contributed by atoms with van der Waals surface area (Å²) in [6.07, 6.45) is 9.76. The monoisotopic (exact) mass is 502 g/mol. The molecule has 1 aliphatic rings. The Bertz CT molecular complexity index is 1110. The van der Waals surface area contributed by atoms with Crippen molar-refractivity contribution >= 4 is 13.2 Å². The Morgan fingerprint density at radius 3 is 2.43 bits per heavy atom. The van der Waals surface area contributed by atoms with E-state index in [1.54, 1.807) is 0 Å². The first-order chi connectivity index (χ1) is 17.9. The molecule has 4 N–H and O–H groups in total. The SMILES string of the molecule is CCC1C=CC=CC1C(C#N)Cc1cc(CO)cc(CCOC(=O)N[C@@H](Cc2ccccc2)B(O)O)c1. The van der Waals surface area contributed by atoms with Crippen molar-refractivity contribution in [1.29, 1.82) is 5.26 Å². The molecule has 7 nitrogen and oxygen atoms in total. The minimum absolute atomic E-state index is 0.0789. The van der Waals surface area contributed by atoms with Crippen LogP contribution < -0.4 is 5.32 Å². The van der Waals surface area contributed by atoms with Gasteiger partial charge in [0, 0.05) is 6.42 Å². The van der Waals surface area contributed by atoms with Crippen molar-refractivity contribution in [2.75, 3.05) is 6.61 Å². The van der Waals surface area contributed by atoms with Crippen molar-refractivity contribution in [3.05, 3.63) is 95.1 Å². The number of amides is 1. The molecule has 37 heavy (non-hydrogen) atoms. The van der Waals surface area contributed by atoms with Crippen molar-refractivity contribution in [3.8, 4) is 6.07 Å². The summed E-state index contributed by atoms with van der Waals surface area (Å²) in [4.78, 5) is 12.3. The second-order valence-electron chi connectivity index (χ2n) is 9.41. The lowest BCUT2D eigenvalue weighted by atomic mass is 9.76. The Kier molecular flexibility index (Phi) is 11.0. The van der Waals surface area contributed by atoms with Gasteiger partial charge < -0.3 is 25.2 Å². The van der Waals surface area contributed by atoms with Crippen LogP contribution in [0.3, 0.4) is 0 Å². The van der Waals surface area contributed by atoms with Crippen LogP contribution in [0.4, 0.5) is 4.79 Å². The summed E-state index contributed by atoms with van der Waals surface area (Å²) in [5.74, 6) is -0.636. The fourth-order valence-corrected chi connectivity index (χ4v) is 4.78. The lowest BCUT2D eigenvalue weighted by Gasteiger charge is -2.27. The highest BCUT2D eigenvalue weighted by atomic mass is 16.5. The number of benzene rings is 2. The number of alkyl carbamates (subject to hydrolysis) is 1. The van der Waals surface area contributed by atoms with E-state index in [-0.39, 0.29) is 31.5 Å². The zero-order valence-corrected chi connectivity index (χ0v) is 21.2. The van der Waals surface area contributed by atoms with Gasteiger partial charge in [0.1, 0.15) is 0 Å². The second-order valence-corrected chi connectivity index (χ2v) is 9.41. The number of aliphatic hydroxyl groups excluding tert-OH is 1. The minimum atomic E-state index is -1.73. The summed E-state index contributed by atoms with van der Waals surface area (Å²) in [7, 11) is -1.73. The van der Waals surface area contributed by atoms with E-state index in [2.05, 4.69) is 30.5 Å². The number of carbonyl (C=O) groups excluding carboxylic acids is 1. The molecule has 0 saturated heterocycles. The van der Waals surface area contributed by atoms with Crippen LogP contribution in [0.15, 0.2) is 72.8 Å². The maximum atomic E-state index is 12.3. The number of ether oxygens (including phenoxy) is 1. The van der Waals surface area contributed by atoms with Gasteiger partial charge in [-0.1, -0.05) is 79.8 Å². The average molecular weight is 502 g/mol. The van der Waals surface area contributed by atoms with Gasteiger partial charge in [0.25, 0.3) is 0 Å². The van der Waals surface area contributed by atoms with Gasteiger partial charge in [0.15, 0.2) is 0 Å². The Morgan fingerprint density at radius 2 is 1.76 bits per heavy atom. The van der Waals surface area contributed by atoms with Gasteiger partial charge in [-0.15, -0.1) is 0 Å². The molecule has 4 atom stereocenters. The highest BCUT2D eigenvalue weighted by Gasteiger charge is 2.27. The fraction of sp³-hybridized carbons (Fsp3) is 0.379. The van der Waals surface area contributed by atoms with Crippen LogP contribution in [-0.2, 0) is 30.6 Å². The molecule has 3 rings (SSSR count). The quantitative estimate of drug-likeness (QED) is 0.330. The van der Waals surface area contributed by atoms with E-state index in [4.69, 9.17) is 4.74 Å². The van der Waals surface area contributed by atoms with E-state index in [1.807, 2.05) is 60.7 Å². The largest absolute Gasteiger partial charge is 0.475 e. The number of aliphatic hydroxyl groups is 1. The predicted octanol–water partition coefficient (Wildman–Crippen LogP) is 3.52. The molecule has 1 amide bonds. The van der Waals surface area contributed by atoms with Crippen LogP contribution in [0.25, 0.3) is 0 Å². The third-order valence-electron chi connectivity index (χ3n) is 6.74. The second kappa shape index (κ2) is 14.4. The zero-order chi connectivity index (χ0) is 26.6. The molecule has 0 aromatic heterocycles. The summed E-state index contributed by atoms with van der Waals surface area (Å²) < 4.78 is 5.30. The molecule has 194 valence electrons. The molecule has 1 aliphatic carbocycles. The standard InChI is InChI=1S/C29H35BN2O5/c1-2-25-10-6-7-11-27(25)26(19-31)17-23-14-22(15-24(16-23)20-33)12-13-37-29(34)32-28(30(35)36)18-21-8-4-3-5-9-21/h3-11,14-16,25-28,33,35-36H,2,12-13,17-18,20H2,1H3,(H,32,34)/t25?,26?,27?,28-/m0/s1. The average Bonchev–Trinajstić information content (AvgIpc) is 2.91. The summed E-state index contributed by atoms with van der Waals surface area (Å²) in [6.45, 7) is 2.08. The predicted molar refractivity (Wildman–Crippen MR) is 143 cm³/mol. The number of hydrogen-bond acceptors (Lipinski definition) is 6. The Hall–Kier alpha value is -3.38. The van der Waals surface area contributed by atoms with Crippen LogP contribution in [-0.4, -0.2) is 40.9 Å². The van der Waals surface area contributed by atoms with Crippen LogP contribution in [0.2, 0.25) is 0 Å². The van der Waals surface area contributed by atoms with Crippen LogP contribution >= 0.6 is 0 Å². The molecular formula is C29H35BN2O5. The maximum Gasteiger partial charge on any atom is 0.475 e. The first-order valence-electron chi connectivity index (χ1n) is 12.7. The summed E-state index contributed by atoms with van der Waals surface area (Å²) in [5, 5.41) is 41.5. The number of hydrogen-bond donors (Lipinski definition) is 4. The van der Waals surface area contributed by atoms with E-state index in [0.29, 0.717) is 18.8 Å². The molecule has 0 radical (unpaired) electrons. The number of carbonyl (C=O) groups is 1. The normalized spacial score (nSPS) is 18.0. The molecule has 0 heterocycles. The molecule has 2 aromatic rings. The topological polar surface area (TPSA) is 123 Å². The molecule has 0 saturated carbocycles. The molecule has 8 heteroatoms. The molecule has 0 aliphatic heterocycles. The van der Waals surface area contributed by atoms with Crippen LogP contribution in [0.1, 0.15) is 35.6 Å². The maximum absolute atomic E-state index is 12.3. The highest BCUT2D eigenvalue weighted by molar-refractivity contribution is 6.43. The third kappa shape index (κ3) is 8.61. The van der Waals surface area contributed by atoms with Gasteiger partial charge in [-0.2, -0.15) is 5.26 Å². The number of rotatable bonds is 12. The Labute approximate surface area is 219 Å². The minimum Gasteiger partial charge on any atom is -0.449 e. The Balaban J connectivity index is 1.58. The van der Waals surface area contributed by atoms with Gasteiger partial charge in [-0.25, -0.2) is 4.79 Å². The third-order valence-corrected chi connectivity index (χ3v) is 6.74. The Morgan fingerprint density at radius 1 is 1.05 bits per heavy atom. The summed E-state index contributed by atoms with van der Waals surface area (Å²) >= 11 is 0. The van der Waals surface area contributed by atoms with Gasteiger partial charge in [-0.05, 0) is 53.4 Å². The van der Waals surface area contributed by atoms with Gasteiger partial charge >= 0.3 is 13.2 Å². The summed E-state index contributed by atoms with van der Waals surface area (Å²) in [6, 6.07) is 17.5. The van der Waals surface area contributed by atoms with Gasteiger partial charge in [0.05, 0.1) is 31.1 Å². The van der Waals surface area contributed by atoms with Gasteiger partial charge in [-0.3, -0.25) is 0 Å². The first kappa shape index (κ1) is 28.2.